The van der Waals surface area contributed by atoms with Crippen LogP contribution in [0, 0.1) is 12.8 Å². The molecule has 0 saturated heterocycles. The van der Waals surface area contributed by atoms with Gasteiger partial charge in [-0.25, -0.2) is 0 Å². The Hall–Kier alpha value is -4.60. The van der Waals surface area contributed by atoms with Gasteiger partial charge in [0.25, 0.3) is 0 Å². The molecular weight excluding hydrogens is 781 g/mol. The van der Waals surface area contributed by atoms with E-state index in [0.717, 1.165) is 18.5 Å². The van der Waals surface area contributed by atoms with Crippen molar-refractivity contribution in [3.63, 3.8) is 0 Å². The highest BCUT2D eigenvalue weighted by Crippen LogP contribution is 2.49. The van der Waals surface area contributed by atoms with E-state index >= 15 is 0 Å². The molecule has 0 N–H and O–H groups in total. The largest absolute Gasteiger partial charge is 0.310 e. The van der Waals surface area contributed by atoms with Crippen LogP contribution in [0.5, 0.6) is 0 Å². The number of hydrogen-bond donors (Lipinski definition) is 0. The third-order valence-corrected chi connectivity index (χ3v) is 14.6. The molecule has 0 radical (unpaired) electrons. The number of benzene rings is 5. The molecule has 3 heteroatoms. The Bertz CT molecular complexity index is 2430. The lowest BCUT2D eigenvalue weighted by Crippen LogP contribution is -2.20. The number of hydrogen-bond acceptors (Lipinski definition) is 3. The van der Waals surface area contributed by atoms with Crippen molar-refractivity contribution in [2.45, 2.75) is 164 Å². The fourth-order valence-corrected chi connectivity index (χ4v) is 10.4. The van der Waals surface area contributed by atoms with E-state index in [9.17, 15) is 0 Å². The van der Waals surface area contributed by atoms with Crippen LogP contribution >= 0.6 is 11.3 Å². The molecule has 2 nitrogen and oxygen atoms in total. The zero-order chi connectivity index (χ0) is 45.9. The van der Waals surface area contributed by atoms with Crippen LogP contribution in [0.3, 0.4) is 0 Å². The van der Waals surface area contributed by atoms with Crippen LogP contribution in [-0.2, 0) is 28.1 Å². The summed E-state index contributed by atoms with van der Waals surface area (Å²) >= 11 is 1.95. The Kier molecular flexibility index (Phi) is 14.6. The molecule has 0 atom stereocenters. The summed E-state index contributed by atoms with van der Waals surface area (Å²) < 4.78 is 0. The van der Waals surface area contributed by atoms with Crippen LogP contribution in [0.15, 0.2) is 121 Å². The van der Waals surface area contributed by atoms with Crippen LogP contribution in [0.2, 0.25) is 0 Å². The first-order valence-corrected chi connectivity index (χ1v) is 24.8. The second-order valence-corrected chi connectivity index (χ2v) is 22.9. The number of aryl methyl sites for hydroxylation is 1. The Morgan fingerprint density at radius 1 is 0.540 bits per heavy atom. The molecule has 334 valence electrons. The van der Waals surface area contributed by atoms with Crippen LogP contribution in [0.4, 0.5) is 34.1 Å². The van der Waals surface area contributed by atoms with Gasteiger partial charge in [-0.15, -0.1) is 11.3 Å². The highest BCUT2D eigenvalue weighted by Gasteiger charge is 2.30. The molecule has 0 bridgehead atoms. The Balaban J connectivity index is 1.65. The summed E-state index contributed by atoms with van der Waals surface area (Å²) in [7, 11) is 0. The van der Waals surface area contributed by atoms with Crippen LogP contribution in [-0.4, -0.2) is 0 Å². The van der Waals surface area contributed by atoms with Gasteiger partial charge in [0.1, 0.15) is 0 Å². The molecule has 63 heavy (non-hydrogen) atoms. The van der Waals surface area contributed by atoms with Crippen LogP contribution < -0.4 is 9.80 Å². The highest BCUT2D eigenvalue weighted by atomic mass is 32.1. The maximum absolute atomic E-state index is 2.56. The van der Waals surface area contributed by atoms with Gasteiger partial charge in [0, 0.05) is 38.6 Å². The Morgan fingerprint density at radius 2 is 1.16 bits per heavy atom. The first kappa shape index (κ1) is 47.9. The summed E-state index contributed by atoms with van der Waals surface area (Å²) in [6.07, 6.45) is 6.94. The minimum Gasteiger partial charge on any atom is -0.310 e. The summed E-state index contributed by atoms with van der Waals surface area (Å²) in [6.45, 7) is 35.2. The van der Waals surface area contributed by atoms with Crippen LogP contribution in [0.1, 0.15) is 162 Å². The molecule has 6 aromatic rings. The van der Waals surface area contributed by atoms with E-state index in [1.807, 2.05) is 11.3 Å². The third kappa shape index (κ3) is 11.0. The van der Waals surface area contributed by atoms with Crippen molar-refractivity contribution in [3.05, 3.63) is 153 Å². The SMILES string of the molecule is CCCCC(C)(C)c1scc(N(c2ccc(C(C)(C)C)cc2)c2cc(C)cc(N(c3cccc(C(C)(C)CCC(C)C)c3)c3ccc(C(C)(C)C)cc3-c3ccccc3)c2)c1CC. The van der Waals surface area contributed by atoms with Gasteiger partial charge >= 0.3 is 0 Å². The first-order valence-electron chi connectivity index (χ1n) is 23.9. The molecule has 0 aliphatic heterocycles. The predicted molar refractivity (Wildman–Crippen MR) is 280 cm³/mol. The third-order valence-electron chi connectivity index (χ3n) is 13.2. The van der Waals surface area contributed by atoms with Gasteiger partial charge in [-0.1, -0.05) is 177 Å². The summed E-state index contributed by atoms with van der Waals surface area (Å²) in [5.41, 5.74) is 16.5. The van der Waals surface area contributed by atoms with Crippen molar-refractivity contribution in [3.8, 4) is 11.1 Å². The van der Waals surface area contributed by atoms with E-state index in [0.29, 0.717) is 5.92 Å². The molecular formula is C60H78N2S. The number of anilines is 6. The van der Waals surface area contributed by atoms with Gasteiger partial charge < -0.3 is 9.80 Å². The Morgan fingerprint density at radius 3 is 1.75 bits per heavy atom. The molecule has 0 aliphatic rings. The molecule has 0 aliphatic carbocycles. The van der Waals surface area contributed by atoms with Gasteiger partial charge in [0.05, 0.1) is 11.4 Å². The first-order chi connectivity index (χ1) is 29.6. The number of unbranched alkanes of at least 4 members (excludes halogenated alkanes) is 1. The van der Waals surface area contributed by atoms with Gasteiger partial charge in [-0.05, 0) is 142 Å². The molecule has 1 aromatic heterocycles. The van der Waals surface area contributed by atoms with Crippen molar-refractivity contribution in [2.75, 3.05) is 9.80 Å². The van der Waals surface area contributed by atoms with Gasteiger partial charge in [-0.3, -0.25) is 0 Å². The molecule has 5 aromatic carbocycles. The van der Waals surface area contributed by atoms with E-state index in [4.69, 9.17) is 0 Å². The molecule has 1 heterocycles. The van der Waals surface area contributed by atoms with E-state index in [2.05, 4.69) is 234 Å². The molecule has 0 fully saturated rings. The van der Waals surface area contributed by atoms with E-state index in [1.54, 1.807) is 0 Å². The maximum atomic E-state index is 2.56. The summed E-state index contributed by atoms with van der Waals surface area (Å²) in [6, 6.07) is 44.2. The van der Waals surface area contributed by atoms with Crippen molar-refractivity contribution < 1.29 is 0 Å². The van der Waals surface area contributed by atoms with Crippen molar-refractivity contribution in [1.82, 2.24) is 0 Å². The molecule has 0 unspecified atom stereocenters. The van der Waals surface area contributed by atoms with E-state index < -0.39 is 0 Å². The second-order valence-electron chi connectivity index (χ2n) is 22.0. The standard InChI is InChI=1S/C60H78N2S/c1-16-18-34-60(14,15)56-52(17-2)55(41-63-56)61(48-30-27-45(28-31-48)57(6,7)8)50-36-43(5)37-51(40-50)62(49-26-22-25-47(38-49)59(12,13)35-33-42(3)4)54-32-29-46(58(9,10)11)39-53(54)44-23-20-19-21-24-44/h19-32,36-42H,16-18,33-35H2,1-15H3. The lowest BCUT2D eigenvalue weighted by Gasteiger charge is -2.33. The maximum Gasteiger partial charge on any atom is 0.0603 e. The number of thiophene rings is 1. The highest BCUT2D eigenvalue weighted by molar-refractivity contribution is 7.10. The number of rotatable bonds is 16. The summed E-state index contributed by atoms with van der Waals surface area (Å²) in [4.78, 5) is 6.62. The minimum absolute atomic E-state index is 0.00569. The monoisotopic (exact) mass is 859 g/mol. The van der Waals surface area contributed by atoms with E-state index in [-0.39, 0.29) is 21.7 Å². The topological polar surface area (TPSA) is 6.48 Å². The minimum atomic E-state index is -0.00569. The van der Waals surface area contributed by atoms with Crippen molar-refractivity contribution in [1.29, 1.82) is 0 Å². The fraction of sp³-hybridized carbons (Fsp3) is 0.433. The number of nitrogens with zero attached hydrogens (tertiary/aromatic N) is 2. The zero-order valence-corrected chi connectivity index (χ0v) is 42.5. The molecule has 0 spiro atoms. The normalized spacial score (nSPS) is 12.6. The summed E-state index contributed by atoms with van der Waals surface area (Å²) in [5.74, 6) is 0.659. The molecule has 0 amide bonds. The van der Waals surface area contributed by atoms with Gasteiger partial charge in [-0.2, -0.15) is 0 Å². The lowest BCUT2D eigenvalue weighted by molar-refractivity contribution is 0.415. The zero-order valence-electron chi connectivity index (χ0n) is 41.7. The van der Waals surface area contributed by atoms with Crippen molar-refractivity contribution >= 4 is 45.5 Å². The second kappa shape index (κ2) is 19.2. The predicted octanol–water partition coefficient (Wildman–Crippen LogP) is 19.0. The van der Waals surface area contributed by atoms with Crippen molar-refractivity contribution in [2.24, 2.45) is 5.92 Å². The average Bonchev–Trinajstić information content (AvgIpc) is 3.67. The quantitative estimate of drug-likeness (QED) is 0.0957. The van der Waals surface area contributed by atoms with Gasteiger partial charge in [0.2, 0.25) is 0 Å². The van der Waals surface area contributed by atoms with Crippen LogP contribution in [0.25, 0.3) is 11.1 Å². The average molecular weight is 859 g/mol. The van der Waals surface area contributed by atoms with E-state index in [1.165, 1.54) is 97.9 Å². The summed E-state index contributed by atoms with van der Waals surface area (Å²) in [5, 5.41) is 2.45. The van der Waals surface area contributed by atoms with Gasteiger partial charge in [0.15, 0.2) is 0 Å². The fourth-order valence-electron chi connectivity index (χ4n) is 9.08. The Labute approximate surface area is 387 Å². The molecule has 6 rings (SSSR count). The lowest BCUT2D eigenvalue weighted by atomic mass is 9.79. The smallest absolute Gasteiger partial charge is 0.0603 e. The molecule has 0 saturated carbocycles.